The van der Waals surface area contributed by atoms with Crippen molar-refractivity contribution in [1.82, 2.24) is 4.98 Å². The fourth-order valence-electron chi connectivity index (χ4n) is 1.86. The summed E-state index contributed by atoms with van der Waals surface area (Å²) in [5.74, 6) is 0. The third kappa shape index (κ3) is 3.69. The Balaban J connectivity index is 0.000000704. The van der Waals surface area contributed by atoms with Crippen LogP contribution in [0.25, 0.3) is 22.4 Å². The second kappa shape index (κ2) is 7.84. The van der Waals surface area contributed by atoms with Crippen molar-refractivity contribution < 1.29 is 14.6 Å². The van der Waals surface area contributed by atoms with Crippen molar-refractivity contribution in [3.63, 3.8) is 0 Å². The molecule has 0 aliphatic rings. The molecule has 3 heteroatoms. The van der Waals surface area contributed by atoms with Crippen LogP contribution >= 0.6 is 10.2 Å². The zero-order valence-corrected chi connectivity index (χ0v) is 12.2. The predicted octanol–water partition coefficient (Wildman–Crippen LogP) is 4.70. The molecule has 0 bridgehead atoms. The van der Waals surface area contributed by atoms with Gasteiger partial charge in [0.15, 0.2) is 0 Å². The fraction of sp³-hybridized carbons (Fsp3) is 0. The third-order valence-electron chi connectivity index (χ3n) is 2.74. The maximum absolute atomic E-state index is 4.34. The molecule has 1 nitrogen and oxygen atoms in total. The topological polar surface area (TPSA) is 12.9 Å². The van der Waals surface area contributed by atoms with Crippen LogP contribution in [0.5, 0.6) is 0 Å². The fourth-order valence-corrected chi connectivity index (χ4v) is 1.86. The number of rotatable bonds is 2. The average Bonchev–Trinajstić information content (AvgIpc) is 2.58. The Bertz CT molecular complexity index is 587. The molecular formula is C17H11ClNNi-2. The minimum atomic E-state index is 0.940. The molecule has 0 unspecified atom stereocenters. The van der Waals surface area contributed by atoms with Crippen molar-refractivity contribution >= 4 is 10.2 Å². The van der Waals surface area contributed by atoms with E-state index in [4.69, 9.17) is 0 Å². The number of benzene rings is 2. The Hall–Kier alpha value is -1.63. The van der Waals surface area contributed by atoms with E-state index in [9.17, 15) is 0 Å². The van der Waals surface area contributed by atoms with Crippen molar-refractivity contribution in [3.8, 4) is 22.4 Å². The van der Waals surface area contributed by atoms with E-state index in [2.05, 4.69) is 41.9 Å². The molecule has 103 valence electrons. The van der Waals surface area contributed by atoms with Crippen molar-refractivity contribution in [1.29, 1.82) is 0 Å². The minimum absolute atomic E-state index is 0.940. The molecule has 3 rings (SSSR count). The first kappa shape index (κ1) is 14.8. The first-order valence-electron chi connectivity index (χ1n) is 5.96. The molecule has 20 heavy (non-hydrogen) atoms. The molecule has 2 aromatic carbocycles. The molecule has 1 aromatic heterocycles. The van der Waals surface area contributed by atoms with Crippen molar-refractivity contribution in [2.75, 3.05) is 0 Å². The van der Waals surface area contributed by atoms with E-state index < -0.39 is 0 Å². The first-order chi connectivity index (χ1) is 9.93. The first-order valence-corrected chi connectivity index (χ1v) is 7.32. The molecule has 0 saturated carbocycles. The Morgan fingerprint density at radius 1 is 0.800 bits per heavy atom. The number of hydrogen-bond donors (Lipinski definition) is 0. The standard InChI is InChI=1S/C17H11N.ClH.Ni/c1-2-7-14(8-3-1)15-9-6-10-16(13-15)17-11-4-5-12-18-17;;/h1-7,9-12H;1H;/q-2;;+1/p-1. The summed E-state index contributed by atoms with van der Waals surface area (Å²) in [5.41, 5.74) is 4.04. The summed E-state index contributed by atoms with van der Waals surface area (Å²) in [7, 11) is 4.26. The molecule has 0 aliphatic heterocycles. The minimum Gasteiger partial charge on any atom is -0.295 e. The van der Waals surface area contributed by atoms with E-state index in [1.807, 2.05) is 60.7 Å². The number of aromatic nitrogens is 1. The zero-order valence-electron chi connectivity index (χ0n) is 10.5. The summed E-state index contributed by atoms with van der Waals surface area (Å²) in [6, 6.07) is 26.5. The van der Waals surface area contributed by atoms with Crippen LogP contribution in [0.4, 0.5) is 0 Å². The SMILES string of the molecule is [Cl][Ni].[c-]1ccccc1-c1[c-]c(-c2ccccn2)ccc1. The van der Waals surface area contributed by atoms with Crippen LogP contribution in [0.2, 0.25) is 0 Å². The number of pyridine rings is 1. The number of nitrogens with zero attached hydrogens (tertiary/aromatic N) is 1. The Morgan fingerprint density at radius 2 is 1.55 bits per heavy atom. The monoisotopic (exact) mass is 322 g/mol. The van der Waals surface area contributed by atoms with Crippen molar-refractivity contribution in [2.45, 2.75) is 0 Å². The number of hydrogen-bond acceptors (Lipinski definition) is 1. The summed E-state index contributed by atoms with van der Waals surface area (Å²) < 4.78 is 0. The van der Waals surface area contributed by atoms with Gasteiger partial charge in [-0.25, -0.2) is 5.56 Å². The van der Waals surface area contributed by atoms with Gasteiger partial charge >= 0.3 is 24.8 Å². The van der Waals surface area contributed by atoms with E-state index in [0.717, 1.165) is 22.4 Å². The van der Waals surface area contributed by atoms with Gasteiger partial charge in [-0.15, -0.1) is 23.8 Å². The van der Waals surface area contributed by atoms with Crippen LogP contribution in [0.1, 0.15) is 0 Å². The van der Waals surface area contributed by atoms with E-state index in [1.54, 1.807) is 6.20 Å². The molecule has 1 heterocycles. The van der Waals surface area contributed by atoms with Gasteiger partial charge in [-0.05, 0) is 6.07 Å². The van der Waals surface area contributed by atoms with Gasteiger partial charge in [-0.2, -0.15) is 42.0 Å². The largest absolute Gasteiger partial charge is 0.295 e. The third-order valence-corrected chi connectivity index (χ3v) is 2.74. The maximum atomic E-state index is 4.34. The van der Waals surface area contributed by atoms with Gasteiger partial charge in [0, 0.05) is 11.9 Å². The van der Waals surface area contributed by atoms with Crippen LogP contribution in [0.15, 0.2) is 66.9 Å². The Kier molecular flexibility index (Phi) is 5.79. The number of halogens is 1. The van der Waals surface area contributed by atoms with Crippen LogP contribution in [-0.2, 0) is 14.6 Å². The summed E-state index contributed by atoms with van der Waals surface area (Å²) >= 11 is 3.35. The molecule has 0 radical (unpaired) electrons. The van der Waals surface area contributed by atoms with Crippen molar-refractivity contribution in [3.05, 3.63) is 79.0 Å². The second-order valence-electron chi connectivity index (χ2n) is 3.97. The van der Waals surface area contributed by atoms with Gasteiger partial charge in [0.05, 0.1) is 0 Å². The normalized spacial score (nSPS) is 9.55. The van der Waals surface area contributed by atoms with Gasteiger partial charge in [0.1, 0.15) is 0 Å². The molecule has 0 fully saturated rings. The quantitative estimate of drug-likeness (QED) is 0.492. The average molecular weight is 323 g/mol. The molecule has 0 amide bonds. The molecule has 0 N–H and O–H groups in total. The summed E-state index contributed by atoms with van der Waals surface area (Å²) in [4.78, 5) is 4.34. The van der Waals surface area contributed by atoms with E-state index in [-0.39, 0.29) is 0 Å². The van der Waals surface area contributed by atoms with Crippen LogP contribution in [0, 0.1) is 12.1 Å². The van der Waals surface area contributed by atoms with Crippen LogP contribution < -0.4 is 0 Å². The maximum Gasteiger partial charge on any atom is 0.0183 e. The molecule has 0 atom stereocenters. The molecule has 0 aliphatic carbocycles. The Labute approximate surface area is 131 Å². The van der Waals surface area contributed by atoms with Gasteiger partial charge in [0.25, 0.3) is 0 Å². The molecule has 0 saturated heterocycles. The van der Waals surface area contributed by atoms with Gasteiger partial charge in [0.2, 0.25) is 0 Å². The Morgan fingerprint density at radius 3 is 2.25 bits per heavy atom. The van der Waals surface area contributed by atoms with Crippen molar-refractivity contribution in [2.24, 2.45) is 0 Å². The molecule has 0 spiro atoms. The van der Waals surface area contributed by atoms with Gasteiger partial charge < -0.3 is 0 Å². The summed E-state index contributed by atoms with van der Waals surface area (Å²) in [6.07, 6.45) is 1.80. The second-order valence-corrected chi connectivity index (χ2v) is 3.97. The van der Waals surface area contributed by atoms with E-state index in [0.29, 0.717) is 0 Å². The smallest absolute Gasteiger partial charge is 0.0183 e. The van der Waals surface area contributed by atoms with Crippen LogP contribution in [0.3, 0.4) is 0 Å². The summed E-state index contributed by atoms with van der Waals surface area (Å²) in [5, 5.41) is 0. The van der Waals surface area contributed by atoms with Gasteiger partial charge in [-0.3, -0.25) is 4.98 Å². The predicted molar refractivity (Wildman–Crippen MR) is 78.6 cm³/mol. The molecule has 3 aromatic rings. The van der Waals surface area contributed by atoms with Crippen LogP contribution in [-0.4, -0.2) is 4.98 Å². The molecular weight excluding hydrogens is 312 g/mol. The van der Waals surface area contributed by atoms with E-state index >= 15 is 0 Å². The zero-order chi connectivity index (χ0) is 14.2. The summed E-state index contributed by atoms with van der Waals surface area (Å²) in [6.45, 7) is 0. The van der Waals surface area contributed by atoms with Gasteiger partial charge in [-0.1, -0.05) is 12.1 Å². The van der Waals surface area contributed by atoms with E-state index in [1.165, 1.54) is 0 Å².